The Morgan fingerprint density at radius 1 is 1.00 bits per heavy atom. The first-order valence-corrected chi connectivity index (χ1v) is 12.7. The Morgan fingerprint density at radius 2 is 1.53 bits per heavy atom. The van der Waals surface area contributed by atoms with E-state index in [9.17, 15) is 32.5 Å². The topological polar surface area (TPSA) is 213 Å². The summed E-state index contributed by atoms with van der Waals surface area (Å²) < 4.78 is 39.2. The van der Waals surface area contributed by atoms with Crippen molar-refractivity contribution >= 4 is 57.2 Å². The van der Waals surface area contributed by atoms with Crippen LogP contribution in [0.2, 0.25) is 0 Å². The number of carbonyl (C=O) groups excluding carboxylic acids is 3. The number of ether oxygens (including phenoxy) is 1. The minimum atomic E-state index is -5.44. The van der Waals surface area contributed by atoms with Crippen LogP contribution < -0.4 is 17.2 Å². The Labute approximate surface area is 234 Å². The van der Waals surface area contributed by atoms with Crippen molar-refractivity contribution in [3.63, 3.8) is 0 Å². The zero-order valence-electron chi connectivity index (χ0n) is 20.5. The second-order valence-corrected chi connectivity index (χ2v) is 10.9. The van der Waals surface area contributed by atoms with Crippen LogP contribution in [0.1, 0.15) is 46.1 Å². The maximum atomic E-state index is 12.8. The van der Waals surface area contributed by atoms with Gasteiger partial charge in [0, 0.05) is 0 Å². The first-order chi connectivity index (χ1) is 16.0. The molecule has 1 aromatic rings. The number of ketones is 2. The molecule has 0 saturated heterocycles. The van der Waals surface area contributed by atoms with Gasteiger partial charge in [-0.05, 0) is 37.2 Å². The number of nitrogens with two attached hydrogens (primary N) is 3. The van der Waals surface area contributed by atoms with Gasteiger partial charge in [0.25, 0.3) is 4.93 Å². The van der Waals surface area contributed by atoms with Crippen LogP contribution in [-0.2, 0) is 35.8 Å². The molecule has 0 bridgehead atoms. The van der Waals surface area contributed by atoms with Crippen LogP contribution in [0.3, 0.4) is 0 Å². The van der Waals surface area contributed by atoms with Gasteiger partial charge in [0.05, 0.1) is 18.1 Å². The van der Waals surface area contributed by atoms with Crippen LogP contribution in [0, 0.1) is 17.8 Å². The minimum absolute atomic E-state index is 0. The molecule has 0 amide bonds. The summed E-state index contributed by atoms with van der Waals surface area (Å²) >= 11 is 0. The third kappa shape index (κ3) is 8.96. The van der Waals surface area contributed by atoms with Gasteiger partial charge in [-0.2, -0.15) is 8.42 Å². The molecule has 11 nitrogen and oxygen atoms in total. The second-order valence-electron chi connectivity index (χ2n) is 9.35. The van der Waals surface area contributed by atoms with Crippen molar-refractivity contribution in [2.45, 2.75) is 70.2 Å². The molecule has 0 aliphatic rings. The van der Waals surface area contributed by atoms with Crippen molar-refractivity contribution in [2.75, 3.05) is 0 Å². The van der Waals surface area contributed by atoms with Crippen molar-refractivity contribution in [1.29, 1.82) is 0 Å². The number of benzene rings is 1. The van der Waals surface area contributed by atoms with Gasteiger partial charge in [-0.1, -0.05) is 51.1 Å². The van der Waals surface area contributed by atoms with Gasteiger partial charge < -0.3 is 27.0 Å². The summed E-state index contributed by atoms with van der Waals surface area (Å²) in [5.74, 6) is -5.60. The van der Waals surface area contributed by atoms with Crippen LogP contribution >= 0.6 is 0 Å². The SMILES string of the molecule is CC(C)C[C@@H](N)C(=O)C(O)(C(N)CC(C)C(C(=O)OCc1ccccc1)C(=O)[C@@H](C)N)S(=O)(=O)O.[NaH]. The molecule has 0 spiro atoms. The number of aliphatic hydroxyl groups is 1. The number of hydrogen-bond donors (Lipinski definition) is 5. The fourth-order valence-corrected chi connectivity index (χ4v) is 4.69. The van der Waals surface area contributed by atoms with E-state index in [2.05, 4.69) is 0 Å². The van der Waals surface area contributed by atoms with E-state index in [1.165, 1.54) is 13.8 Å². The van der Waals surface area contributed by atoms with Crippen LogP contribution in [0.25, 0.3) is 0 Å². The summed E-state index contributed by atoms with van der Waals surface area (Å²) in [5, 5.41) is 10.8. The molecule has 1 rings (SSSR count). The molecule has 0 aliphatic heterocycles. The van der Waals surface area contributed by atoms with Gasteiger partial charge >= 0.3 is 45.6 Å². The Morgan fingerprint density at radius 3 is 1.97 bits per heavy atom. The van der Waals surface area contributed by atoms with E-state index in [1.54, 1.807) is 44.2 Å². The van der Waals surface area contributed by atoms with Gasteiger partial charge in [0.2, 0.25) is 5.78 Å². The van der Waals surface area contributed by atoms with E-state index < -0.39 is 69.0 Å². The molecular formula is C23H38N3NaO8S. The van der Waals surface area contributed by atoms with Crippen molar-refractivity contribution in [1.82, 2.24) is 0 Å². The summed E-state index contributed by atoms with van der Waals surface area (Å²) in [7, 11) is -5.44. The molecule has 0 saturated carbocycles. The molecule has 0 aromatic heterocycles. The third-order valence-electron chi connectivity index (χ3n) is 5.74. The molecule has 0 aliphatic carbocycles. The van der Waals surface area contributed by atoms with Crippen molar-refractivity contribution < 1.29 is 37.2 Å². The molecule has 8 N–H and O–H groups in total. The average Bonchev–Trinajstić information content (AvgIpc) is 2.75. The number of esters is 1. The van der Waals surface area contributed by atoms with Crippen LogP contribution in [-0.4, -0.2) is 88.2 Å². The van der Waals surface area contributed by atoms with E-state index in [-0.39, 0.29) is 48.5 Å². The molecule has 36 heavy (non-hydrogen) atoms. The Balaban J connectivity index is 0.0000122. The van der Waals surface area contributed by atoms with E-state index in [0.717, 1.165) is 0 Å². The molecule has 0 radical (unpaired) electrons. The predicted molar refractivity (Wildman–Crippen MR) is 136 cm³/mol. The van der Waals surface area contributed by atoms with Gasteiger partial charge in [0.1, 0.15) is 12.5 Å². The molecule has 200 valence electrons. The summed E-state index contributed by atoms with van der Waals surface area (Å²) in [6, 6.07) is 4.29. The fourth-order valence-electron chi connectivity index (χ4n) is 3.81. The Bertz CT molecular complexity index is 990. The zero-order valence-corrected chi connectivity index (χ0v) is 21.3. The monoisotopic (exact) mass is 539 g/mol. The summed E-state index contributed by atoms with van der Waals surface area (Å²) in [5.41, 5.74) is 18.1. The molecule has 0 fully saturated rings. The molecule has 1 aromatic carbocycles. The van der Waals surface area contributed by atoms with E-state index in [0.29, 0.717) is 5.56 Å². The van der Waals surface area contributed by atoms with E-state index in [1.807, 2.05) is 0 Å². The Hall–Kier alpha value is -1.22. The predicted octanol–water partition coefficient (Wildman–Crippen LogP) is -0.514. The van der Waals surface area contributed by atoms with Crippen molar-refractivity contribution in [2.24, 2.45) is 35.0 Å². The van der Waals surface area contributed by atoms with Crippen LogP contribution in [0.5, 0.6) is 0 Å². The van der Waals surface area contributed by atoms with Gasteiger partial charge in [-0.3, -0.25) is 18.9 Å². The van der Waals surface area contributed by atoms with Crippen molar-refractivity contribution in [3.8, 4) is 0 Å². The van der Waals surface area contributed by atoms with Gasteiger partial charge in [0.15, 0.2) is 5.78 Å². The molecular weight excluding hydrogens is 501 g/mol. The first kappa shape index (κ1) is 34.8. The number of carbonyl (C=O) groups is 3. The van der Waals surface area contributed by atoms with Crippen LogP contribution in [0.15, 0.2) is 30.3 Å². The quantitative estimate of drug-likeness (QED) is 0.0878. The second kappa shape index (κ2) is 14.6. The molecule has 13 heteroatoms. The number of Topliss-reactive ketones (excluding diaryl/α,β-unsaturated/α-hetero) is 2. The van der Waals surface area contributed by atoms with E-state index >= 15 is 0 Å². The summed E-state index contributed by atoms with van der Waals surface area (Å²) in [6.45, 7) is 6.10. The third-order valence-corrected chi connectivity index (χ3v) is 7.03. The first-order valence-electron chi connectivity index (χ1n) is 11.3. The zero-order chi connectivity index (χ0) is 27.1. The van der Waals surface area contributed by atoms with Gasteiger partial charge in [-0.15, -0.1) is 0 Å². The van der Waals surface area contributed by atoms with Gasteiger partial charge in [-0.25, -0.2) is 0 Å². The molecule has 4 unspecified atom stereocenters. The standard InChI is InChI=1S/C23H37N3O8S.Na.H/c1-13(2)10-17(25)21(28)23(30,35(31,32)33)18(26)11-14(3)19(20(27)15(4)24)22(29)34-12-16-8-6-5-7-9-16;;/h5-9,13-15,17-19,30H,10-12,24-26H2,1-4H3,(H,31,32,33);;/t14?,15-,17-,18?,19?,23?;;/m1../s1. The summed E-state index contributed by atoms with van der Waals surface area (Å²) in [6.07, 6.45) is -0.503. The Kier molecular flexibility index (Phi) is 14.2. The normalized spacial score (nSPS) is 17.6. The van der Waals surface area contributed by atoms with Crippen LogP contribution in [0.4, 0.5) is 0 Å². The van der Waals surface area contributed by atoms with E-state index in [4.69, 9.17) is 21.9 Å². The molecule has 0 heterocycles. The fraction of sp³-hybridized carbons (Fsp3) is 0.609. The number of rotatable bonds is 14. The number of hydrogen-bond acceptors (Lipinski definition) is 10. The average molecular weight is 540 g/mol. The van der Waals surface area contributed by atoms with Crippen molar-refractivity contribution in [3.05, 3.63) is 35.9 Å². The molecule has 6 atom stereocenters. The summed E-state index contributed by atoms with van der Waals surface area (Å²) in [4.78, 5) is 34.9. The maximum absolute atomic E-state index is 12.8.